The predicted octanol–water partition coefficient (Wildman–Crippen LogP) is 2.56. The van der Waals surface area contributed by atoms with Gasteiger partial charge in [-0.15, -0.1) is 0 Å². The molecule has 1 aromatic carbocycles. The van der Waals surface area contributed by atoms with Crippen LogP contribution in [0.5, 0.6) is 0 Å². The molecule has 2 rings (SSSR count). The Morgan fingerprint density at radius 3 is 3.05 bits per heavy atom. The molecule has 2 aromatic rings. The van der Waals surface area contributed by atoms with Crippen LogP contribution < -0.4 is 10.6 Å². The van der Waals surface area contributed by atoms with Crippen LogP contribution in [0, 0.1) is 0 Å². The summed E-state index contributed by atoms with van der Waals surface area (Å²) in [5.74, 6) is 0. The van der Waals surface area contributed by atoms with Crippen LogP contribution in [-0.4, -0.2) is 29.9 Å². The fourth-order valence-corrected chi connectivity index (χ4v) is 2.16. The standard InChI is InChI=1S/C14H17N3OS/c1-10(9-18-2)16-14(19)17-12-5-6-13-11(8-12)4-3-7-15-13/h3-8,10H,9H2,1-2H3,(H2,16,17,19). The zero-order valence-corrected chi connectivity index (χ0v) is 11.8. The van der Waals surface area contributed by atoms with E-state index >= 15 is 0 Å². The first-order valence-corrected chi connectivity index (χ1v) is 6.51. The first kappa shape index (κ1) is 13.7. The van der Waals surface area contributed by atoms with Gasteiger partial charge in [0.2, 0.25) is 0 Å². The summed E-state index contributed by atoms with van der Waals surface area (Å²) in [7, 11) is 1.67. The largest absolute Gasteiger partial charge is 0.383 e. The number of pyridine rings is 1. The van der Waals surface area contributed by atoms with Gasteiger partial charge in [-0.3, -0.25) is 4.98 Å². The van der Waals surface area contributed by atoms with E-state index in [-0.39, 0.29) is 6.04 Å². The van der Waals surface area contributed by atoms with Crippen LogP contribution in [0.25, 0.3) is 10.9 Å². The van der Waals surface area contributed by atoms with Crippen LogP contribution in [0.1, 0.15) is 6.92 Å². The molecular weight excluding hydrogens is 258 g/mol. The van der Waals surface area contributed by atoms with Gasteiger partial charge in [-0.05, 0) is 43.4 Å². The minimum absolute atomic E-state index is 0.173. The van der Waals surface area contributed by atoms with Crippen LogP contribution in [-0.2, 0) is 4.74 Å². The summed E-state index contributed by atoms with van der Waals surface area (Å²) in [5.41, 5.74) is 1.92. The van der Waals surface area contributed by atoms with Crippen molar-refractivity contribution in [2.45, 2.75) is 13.0 Å². The summed E-state index contributed by atoms with van der Waals surface area (Å²) in [6, 6.07) is 10.1. The summed E-state index contributed by atoms with van der Waals surface area (Å²) in [5, 5.41) is 7.99. The number of methoxy groups -OCH3 is 1. The number of hydrogen-bond donors (Lipinski definition) is 2. The summed E-state index contributed by atoms with van der Waals surface area (Å²) >= 11 is 5.26. The average molecular weight is 275 g/mol. The second-order valence-electron chi connectivity index (χ2n) is 4.37. The van der Waals surface area contributed by atoms with Crippen molar-refractivity contribution in [3.63, 3.8) is 0 Å². The first-order valence-electron chi connectivity index (χ1n) is 6.10. The number of nitrogens with zero attached hydrogens (tertiary/aromatic N) is 1. The van der Waals surface area contributed by atoms with Crippen LogP contribution in [0.2, 0.25) is 0 Å². The molecule has 1 aromatic heterocycles. The van der Waals surface area contributed by atoms with Crippen molar-refractivity contribution >= 4 is 33.9 Å². The Bertz CT molecular complexity index is 573. The maximum absolute atomic E-state index is 5.26. The highest BCUT2D eigenvalue weighted by atomic mass is 32.1. The highest BCUT2D eigenvalue weighted by Crippen LogP contribution is 2.16. The van der Waals surface area contributed by atoms with Crippen molar-refractivity contribution in [1.82, 2.24) is 10.3 Å². The number of thiocarbonyl (C=S) groups is 1. The molecule has 0 saturated carbocycles. The minimum Gasteiger partial charge on any atom is -0.383 e. The molecule has 0 radical (unpaired) electrons. The maximum atomic E-state index is 5.26. The van der Waals surface area contributed by atoms with Crippen molar-refractivity contribution in [3.8, 4) is 0 Å². The molecule has 1 heterocycles. The van der Waals surface area contributed by atoms with Gasteiger partial charge in [0.05, 0.1) is 12.1 Å². The van der Waals surface area contributed by atoms with Crippen LogP contribution >= 0.6 is 12.2 Å². The van der Waals surface area contributed by atoms with E-state index in [1.54, 1.807) is 13.3 Å². The number of aromatic nitrogens is 1. The molecule has 0 fully saturated rings. The van der Waals surface area contributed by atoms with Gasteiger partial charge in [-0.1, -0.05) is 6.07 Å². The van der Waals surface area contributed by atoms with Gasteiger partial charge in [0, 0.05) is 30.4 Å². The maximum Gasteiger partial charge on any atom is 0.171 e. The first-order chi connectivity index (χ1) is 9.19. The summed E-state index contributed by atoms with van der Waals surface area (Å²) in [4.78, 5) is 4.28. The van der Waals surface area contributed by atoms with Crippen LogP contribution in [0.15, 0.2) is 36.5 Å². The number of rotatable bonds is 4. The van der Waals surface area contributed by atoms with E-state index in [9.17, 15) is 0 Å². The van der Waals surface area contributed by atoms with Gasteiger partial charge in [0.15, 0.2) is 5.11 Å². The molecule has 1 atom stereocenters. The molecule has 0 aliphatic rings. The van der Waals surface area contributed by atoms with E-state index in [0.717, 1.165) is 16.6 Å². The fraction of sp³-hybridized carbons (Fsp3) is 0.286. The molecule has 0 aliphatic heterocycles. The molecule has 0 saturated heterocycles. The molecule has 0 spiro atoms. The Hall–Kier alpha value is -1.72. The molecule has 19 heavy (non-hydrogen) atoms. The zero-order chi connectivity index (χ0) is 13.7. The highest BCUT2D eigenvalue weighted by molar-refractivity contribution is 7.80. The summed E-state index contributed by atoms with van der Waals surface area (Å²) in [6.45, 7) is 2.63. The molecular formula is C14H17N3OS. The normalized spacial score (nSPS) is 12.1. The second-order valence-corrected chi connectivity index (χ2v) is 4.77. The molecule has 5 heteroatoms. The average Bonchev–Trinajstić information content (AvgIpc) is 2.38. The monoisotopic (exact) mass is 275 g/mol. The van der Waals surface area contributed by atoms with Crippen molar-refractivity contribution in [1.29, 1.82) is 0 Å². The van der Waals surface area contributed by atoms with Gasteiger partial charge in [-0.2, -0.15) is 0 Å². The van der Waals surface area contributed by atoms with Crippen molar-refractivity contribution in [2.24, 2.45) is 0 Å². The van der Waals surface area contributed by atoms with E-state index in [0.29, 0.717) is 11.7 Å². The zero-order valence-electron chi connectivity index (χ0n) is 11.0. The summed E-state index contributed by atoms with van der Waals surface area (Å²) in [6.07, 6.45) is 1.79. The van der Waals surface area contributed by atoms with E-state index in [1.807, 2.05) is 37.3 Å². The third-order valence-corrected chi connectivity index (χ3v) is 2.87. The topological polar surface area (TPSA) is 46.2 Å². The molecule has 0 bridgehead atoms. The van der Waals surface area contributed by atoms with E-state index in [2.05, 4.69) is 15.6 Å². The van der Waals surface area contributed by atoms with Gasteiger partial charge in [0.25, 0.3) is 0 Å². The molecule has 100 valence electrons. The van der Waals surface area contributed by atoms with Crippen molar-refractivity contribution in [3.05, 3.63) is 36.5 Å². The molecule has 0 aliphatic carbocycles. The lowest BCUT2D eigenvalue weighted by atomic mass is 10.2. The number of fused-ring (bicyclic) bond motifs is 1. The Balaban J connectivity index is 2.02. The third kappa shape index (κ3) is 3.87. The Morgan fingerprint density at radius 2 is 2.26 bits per heavy atom. The molecule has 4 nitrogen and oxygen atoms in total. The van der Waals surface area contributed by atoms with Gasteiger partial charge >= 0.3 is 0 Å². The smallest absolute Gasteiger partial charge is 0.171 e. The minimum atomic E-state index is 0.173. The molecule has 0 amide bonds. The number of benzene rings is 1. The molecule has 2 N–H and O–H groups in total. The lowest BCUT2D eigenvalue weighted by Gasteiger charge is -2.16. The number of nitrogens with one attached hydrogen (secondary N) is 2. The van der Waals surface area contributed by atoms with Gasteiger partial charge < -0.3 is 15.4 Å². The number of anilines is 1. The molecule has 1 unspecified atom stereocenters. The quantitative estimate of drug-likeness (QED) is 0.840. The van der Waals surface area contributed by atoms with E-state index in [4.69, 9.17) is 17.0 Å². The Kier molecular flexibility index (Phi) is 4.65. The van der Waals surface area contributed by atoms with E-state index < -0.39 is 0 Å². The van der Waals surface area contributed by atoms with Gasteiger partial charge in [0.1, 0.15) is 0 Å². The second kappa shape index (κ2) is 6.45. The van der Waals surface area contributed by atoms with Crippen LogP contribution in [0.4, 0.5) is 5.69 Å². The van der Waals surface area contributed by atoms with Crippen molar-refractivity contribution < 1.29 is 4.74 Å². The van der Waals surface area contributed by atoms with Gasteiger partial charge in [-0.25, -0.2) is 0 Å². The Morgan fingerprint density at radius 1 is 1.42 bits per heavy atom. The predicted molar refractivity (Wildman–Crippen MR) is 82.4 cm³/mol. The SMILES string of the molecule is COCC(C)NC(=S)Nc1ccc2ncccc2c1. The van der Waals surface area contributed by atoms with Crippen LogP contribution in [0.3, 0.4) is 0 Å². The van der Waals surface area contributed by atoms with Crippen molar-refractivity contribution in [2.75, 3.05) is 19.0 Å². The lowest BCUT2D eigenvalue weighted by molar-refractivity contribution is 0.179. The Labute approximate surface area is 118 Å². The lowest BCUT2D eigenvalue weighted by Crippen LogP contribution is -2.38. The highest BCUT2D eigenvalue weighted by Gasteiger charge is 2.04. The summed E-state index contributed by atoms with van der Waals surface area (Å²) < 4.78 is 5.05. The number of hydrogen-bond acceptors (Lipinski definition) is 3. The fourth-order valence-electron chi connectivity index (χ4n) is 1.84. The van der Waals surface area contributed by atoms with E-state index in [1.165, 1.54) is 0 Å². The number of ether oxygens (including phenoxy) is 1. The third-order valence-electron chi connectivity index (χ3n) is 2.66.